The number of carbonyl (C=O) groups excluding carboxylic acids is 2. The van der Waals surface area contributed by atoms with Gasteiger partial charge in [-0.05, 0) is 48.9 Å². The first-order chi connectivity index (χ1) is 14.7. The Bertz CT molecular complexity index is 1120. The number of rotatable bonds is 5. The molecule has 1 aromatic heterocycles. The van der Waals surface area contributed by atoms with Gasteiger partial charge in [-0.25, -0.2) is 9.78 Å². The number of halogens is 3. The predicted octanol–water partition coefficient (Wildman–Crippen LogP) is 4.89. The van der Waals surface area contributed by atoms with Crippen LogP contribution in [0.2, 0.25) is 0 Å². The van der Waals surface area contributed by atoms with Crippen LogP contribution < -0.4 is 14.8 Å². The van der Waals surface area contributed by atoms with E-state index in [0.717, 1.165) is 18.2 Å². The molecule has 160 valence electrons. The molecule has 0 saturated heterocycles. The van der Waals surface area contributed by atoms with E-state index in [0.29, 0.717) is 11.3 Å². The van der Waals surface area contributed by atoms with E-state index in [1.807, 2.05) is 0 Å². The van der Waals surface area contributed by atoms with Crippen molar-refractivity contribution in [3.05, 3.63) is 83.2 Å². The first-order valence-electron chi connectivity index (χ1n) is 9.00. The van der Waals surface area contributed by atoms with Gasteiger partial charge >= 0.3 is 12.1 Å². The Hall–Kier alpha value is -3.88. The van der Waals surface area contributed by atoms with Crippen molar-refractivity contribution in [3.8, 4) is 11.5 Å². The number of nitrogens with zero attached hydrogens (tertiary/aromatic N) is 1. The number of ether oxygens (including phenoxy) is 2. The van der Waals surface area contributed by atoms with Gasteiger partial charge in [-0.3, -0.25) is 4.79 Å². The minimum Gasteiger partial charge on any atom is -0.495 e. The van der Waals surface area contributed by atoms with Crippen molar-refractivity contribution in [3.63, 3.8) is 0 Å². The maximum atomic E-state index is 12.8. The Kier molecular flexibility index (Phi) is 6.24. The first kappa shape index (κ1) is 21.8. The molecule has 0 aliphatic heterocycles. The van der Waals surface area contributed by atoms with Crippen molar-refractivity contribution >= 4 is 17.6 Å². The number of pyridine rings is 1. The summed E-state index contributed by atoms with van der Waals surface area (Å²) < 4.78 is 49.1. The maximum absolute atomic E-state index is 12.8. The lowest BCUT2D eigenvalue weighted by Gasteiger charge is -2.14. The topological polar surface area (TPSA) is 77.5 Å². The predicted molar refractivity (Wildman–Crippen MR) is 106 cm³/mol. The molecule has 0 fully saturated rings. The molecule has 0 spiro atoms. The second-order valence-electron chi connectivity index (χ2n) is 6.43. The number of aromatic nitrogens is 1. The van der Waals surface area contributed by atoms with Gasteiger partial charge in [0.1, 0.15) is 22.9 Å². The highest BCUT2D eigenvalue weighted by Gasteiger charge is 2.33. The number of aryl methyl sites for hydroxylation is 1. The molecular formula is C22H17F3N2O4. The van der Waals surface area contributed by atoms with Crippen molar-refractivity contribution in [2.45, 2.75) is 13.1 Å². The molecule has 0 aliphatic rings. The molecule has 31 heavy (non-hydrogen) atoms. The van der Waals surface area contributed by atoms with Crippen LogP contribution in [0.5, 0.6) is 11.5 Å². The zero-order chi connectivity index (χ0) is 22.6. The van der Waals surface area contributed by atoms with Gasteiger partial charge in [-0.2, -0.15) is 13.2 Å². The Morgan fingerprint density at radius 2 is 1.71 bits per heavy atom. The third-order valence-corrected chi connectivity index (χ3v) is 4.24. The molecule has 9 heteroatoms. The number of anilines is 1. The second kappa shape index (κ2) is 8.86. The lowest BCUT2D eigenvalue weighted by molar-refractivity contribution is -0.141. The van der Waals surface area contributed by atoms with E-state index in [1.54, 1.807) is 37.3 Å². The van der Waals surface area contributed by atoms with Gasteiger partial charge in [-0.15, -0.1) is 0 Å². The minimum absolute atomic E-state index is 0.130. The summed E-state index contributed by atoms with van der Waals surface area (Å²) >= 11 is 0. The number of carbonyl (C=O) groups is 2. The monoisotopic (exact) mass is 430 g/mol. The fraction of sp³-hybridized carbons (Fsp3) is 0.136. The van der Waals surface area contributed by atoms with Crippen molar-refractivity contribution in [2.75, 3.05) is 12.4 Å². The van der Waals surface area contributed by atoms with E-state index in [1.165, 1.54) is 19.2 Å². The number of hydrogen-bond acceptors (Lipinski definition) is 5. The summed E-state index contributed by atoms with van der Waals surface area (Å²) in [6, 6.07) is 14.3. The number of alkyl halides is 3. The molecule has 3 aromatic rings. The highest BCUT2D eigenvalue weighted by atomic mass is 19.4. The van der Waals surface area contributed by atoms with Crippen LogP contribution in [0.4, 0.5) is 18.9 Å². The number of amides is 1. The van der Waals surface area contributed by atoms with Gasteiger partial charge in [-0.1, -0.05) is 24.3 Å². The van der Waals surface area contributed by atoms with Crippen LogP contribution >= 0.6 is 0 Å². The minimum atomic E-state index is -4.68. The molecule has 0 atom stereocenters. The molecule has 0 aliphatic carbocycles. The van der Waals surface area contributed by atoms with Crippen LogP contribution in [0.1, 0.15) is 32.1 Å². The van der Waals surface area contributed by atoms with Gasteiger partial charge in [0.25, 0.3) is 5.91 Å². The standard InChI is InChI=1S/C22H17F3N2O4/c1-13-11-17(27-20(28)16-9-6-10-19(26-16)22(23,24)25)18(30-2)12-15(13)21(29)31-14-7-4-3-5-8-14/h3-12H,1-2H3,(H,27,28). The smallest absolute Gasteiger partial charge is 0.433 e. The quantitative estimate of drug-likeness (QED) is 0.461. The number of benzene rings is 2. The van der Waals surface area contributed by atoms with Crippen LogP contribution in [0.15, 0.2) is 60.7 Å². The summed E-state index contributed by atoms with van der Waals surface area (Å²) in [5.74, 6) is -0.993. The van der Waals surface area contributed by atoms with E-state index < -0.39 is 29.4 Å². The highest BCUT2D eigenvalue weighted by molar-refractivity contribution is 6.04. The number of para-hydroxylation sites is 1. The molecule has 0 bridgehead atoms. The van der Waals surface area contributed by atoms with E-state index in [9.17, 15) is 22.8 Å². The zero-order valence-electron chi connectivity index (χ0n) is 16.5. The van der Waals surface area contributed by atoms with Crippen LogP contribution in [0.3, 0.4) is 0 Å². The fourth-order valence-corrected chi connectivity index (χ4v) is 2.73. The molecule has 0 saturated carbocycles. The van der Waals surface area contributed by atoms with E-state index >= 15 is 0 Å². The highest BCUT2D eigenvalue weighted by Crippen LogP contribution is 2.30. The van der Waals surface area contributed by atoms with Crippen LogP contribution in [0.25, 0.3) is 0 Å². The normalized spacial score (nSPS) is 11.0. The van der Waals surface area contributed by atoms with Gasteiger partial charge in [0.05, 0.1) is 18.4 Å². The zero-order valence-corrected chi connectivity index (χ0v) is 16.5. The van der Waals surface area contributed by atoms with Crippen LogP contribution in [-0.2, 0) is 6.18 Å². The summed E-state index contributed by atoms with van der Waals surface area (Å²) in [5, 5.41) is 2.47. The van der Waals surface area contributed by atoms with Gasteiger partial charge < -0.3 is 14.8 Å². The van der Waals surface area contributed by atoms with E-state index in [4.69, 9.17) is 9.47 Å². The van der Waals surface area contributed by atoms with Crippen LogP contribution in [0, 0.1) is 6.92 Å². The molecule has 1 amide bonds. The molecule has 2 aromatic carbocycles. The Labute approximate surface area is 175 Å². The summed E-state index contributed by atoms with van der Waals surface area (Å²) in [5.41, 5.74) is -0.755. The number of methoxy groups -OCH3 is 1. The number of nitrogens with one attached hydrogen (secondary N) is 1. The Balaban J connectivity index is 1.85. The van der Waals surface area contributed by atoms with Crippen molar-refractivity contribution < 1.29 is 32.2 Å². The van der Waals surface area contributed by atoms with Crippen molar-refractivity contribution in [1.82, 2.24) is 4.98 Å². The molecule has 0 radical (unpaired) electrons. The third kappa shape index (κ3) is 5.19. The van der Waals surface area contributed by atoms with Crippen LogP contribution in [-0.4, -0.2) is 24.0 Å². The molecule has 1 N–H and O–H groups in total. The fourth-order valence-electron chi connectivity index (χ4n) is 2.73. The molecule has 3 rings (SSSR count). The molecule has 0 unspecified atom stereocenters. The average Bonchev–Trinajstić information content (AvgIpc) is 2.74. The Morgan fingerprint density at radius 1 is 1.00 bits per heavy atom. The SMILES string of the molecule is COc1cc(C(=O)Oc2ccccc2)c(C)cc1NC(=O)c1cccc(C(F)(F)F)n1. The summed E-state index contributed by atoms with van der Waals surface area (Å²) in [6.45, 7) is 1.62. The summed E-state index contributed by atoms with van der Waals surface area (Å²) in [7, 11) is 1.33. The molecular weight excluding hydrogens is 413 g/mol. The Morgan fingerprint density at radius 3 is 2.35 bits per heavy atom. The second-order valence-corrected chi connectivity index (χ2v) is 6.43. The van der Waals surface area contributed by atoms with E-state index in [2.05, 4.69) is 10.3 Å². The lowest BCUT2D eigenvalue weighted by Crippen LogP contribution is -2.18. The van der Waals surface area contributed by atoms with Gasteiger partial charge in [0, 0.05) is 0 Å². The van der Waals surface area contributed by atoms with Crippen molar-refractivity contribution in [2.24, 2.45) is 0 Å². The maximum Gasteiger partial charge on any atom is 0.433 e. The van der Waals surface area contributed by atoms with Gasteiger partial charge in [0.2, 0.25) is 0 Å². The molecule has 1 heterocycles. The average molecular weight is 430 g/mol. The number of esters is 1. The first-order valence-corrected chi connectivity index (χ1v) is 9.00. The van der Waals surface area contributed by atoms with E-state index in [-0.39, 0.29) is 17.0 Å². The summed E-state index contributed by atoms with van der Waals surface area (Å²) in [6.07, 6.45) is -4.68. The summed E-state index contributed by atoms with van der Waals surface area (Å²) in [4.78, 5) is 28.3. The largest absolute Gasteiger partial charge is 0.495 e. The van der Waals surface area contributed by atoms with Gasteiger partial charge in [0.15, 0.2) is 0 Å². The third-order valence-electron chi connectivity index (χ3n) is 4.24. The lowest BCUT2D eigenvalue weighted by atomic mass is 10.1. The van der Waals surface area contributed by atoms with Crippen molar-refractivity contribution in [1.29, 1.82) is 0 Å². The molecule has 6 nitrogen and oxygen atoms in total. The number of hydrogen-bond donors (Lipinski definition) is 1.